The fourth-order valence-corrected chi connectivity index (χ4v) is 1.77. The highest BCUT2D eigenvalue weighted by Gasteiger charge is 2.09. The van der Waals surface area contributed by atoms with Gasteiger partial charge in [0.1, 0.15) is 12.2 Å². The van der Waals surface area contributed by atoms with E-state index in [0.29, 0.717) is 16.7 Å². The van der Waals surface area contributed by atoms with E-state index in [4.69, 9.17) is 16.3 Å². The lowest BCUT2D eigenvalue weighted by atomic mass is 10.3. The molecule has 18 heavy (non-hydrogen) atoms. The molecule has 2 aromatic heterocycles. The highest BCUT2D eigenvalue weighted by Crippen LogP contribution is 2.28. The molecule has 0 saturated heterocycles. The van der Waals surface area contributed by atoms with Crippen LogP contribution >= 0.6 is 11.6 Å². The van der Waals surface area contributed by atoms with Crippen LogP contribution in [0, 0.1) is 0 Å². The molecule has 0 amide bonds. The summed E-state index contributed by atoms with van der Waals surface area (Å²) in [5.74, 6) is 2.05. The Bertz CT molecular complexity index is 488. The minimum absolute atomic E-state index is 0.307. The lowest BCUT2D eigenvalue weighted by Gasteiger charge is -2.09. The molecular formula is C11H14ClN5O. The Kier molecular flexibility index (Phi) is 4.35. The fourth-order valence-electron chi connectivity index (χ4n) is 1.56. The van der Waals surface area contributed by atoms with E-state index in [0.717, 1.165) is 25.2 Å². The first-order chi connectivity index (χ1) is 8.81. The molecule has 6 nitrogen and oxygen atoms in total. The number of ether oxygens (including phenoxy) is 1. The number of H-pyrrole nitrogens is 1. The second-order valence-corrected chi connectivity index (χ2v) is 3.97. The van der Waals surface area contributed by atoms with Gasteiger partial charge in [0.05, 0.1) is 7.11 Å². The number of rotatable bonds is 6. The summed E-state index contributed by atoms with van der Waals surface area (Å²) in [5.41, 5.74) is 0. The molecule has 0 aliphatic carbocycles. The molecule has 0 aliphatic heterocycles. The molecule has 7 heteroatoms. The quantitative estimate of drug-likeness (QED) is 0.618. The number of aryl methyl sites for hydroxylation is 1. The first-order valence-electron chi connectivity index (χ1n) is 5.58. The summed E-state index contributed by atoms with van der Waals surface area (Å²) < 4.78 is 5.14. The molecule has 96 valence electrons. The molecule has 2 heterocycles. The number of halogens is 1. The number of anilines is 1. The maximum absolute atomic E-state index is 5.89. The van der Waals surface area contributed by atoms with Gasteiger partial charge in [0, 0.05) is 25.4 Å². The van der Waals surface area contributed by atoms with Crippen molar-refractivity contribution in [1.29, 1.82) is 0 Å². The van der Waals surface area contributed by atoms with Gasteiger partial charge in [-0.2, -0.15) is 0 Å². The molecule has 2 rings (SSSR count). The Hall–Kier alpha value is -1.82. The van der Waals surface area contributed by atoms with Gasteiger partial charge in [-0.15, -0.1) is 0 Å². The highest BCUT2D eigenvalue weighted by molar-refractivity contribution is 6.31. The van der Waals surface area contributed by atoms with Crippen LogP contribution in [0.5, 0.6) is 5.75 Å². The fraction of sp³-hybridized carbons (Fsp3) is 0.364. The molecule has 0 bridgehead atoms. The van der Waals surface area contributed by atoms with Crippen molar-refractivity contribution in [3.63, 3.8) is 0 Å². The van der Waals surface area contributed by atoms with E-state index in [2.05, 4.69) is 25.3 Å². The Morgan fingerprint density at radius 3 is 3.00 bits per heavy atom. The van der Waals surface area contributed by atoms with Crippen molar-refractivity contribution in [1.82, 2.24) is 19.9 Å². The Balaban J connectivity index is 1.85. The molecule has 0 aromatic carbocycles. The first-order valence-corrected chi connectivity index (χ1v) is 5.95. The number of hydrogen-bond donors (Lipinski definition) is 2. The van der Waals surface area contributed by atoms with Crippen LogP contribution in [-0.2, 0) is 6.42 Å². The summed E-state index contributed by atoms with van der Waals surface area (Å²) in [6.45, 7) is 0.754. The van der Waals surface area contributed by atoms with Gasteiger partial charge in [-0.3, -0.25) is 0 Å². The van der Waals surface area contributed by atoms with E-state index in [1.54, 1.807) is 13.3 Å². The van der Waals surface area contributed by atoms with Crippen molar-refractivity contribution in [2.75, 3.05) is 19.0 Å². The van der Waals surface area contributed by atoms with E-state index in [-0.39, 0.29) is 0 Å². The molecule has 0 fully saturated rings. The van der Waals surface area contributed by atoms with Crippen molar-refractivity contribution < 1.29 is 4.74 Å². The zero-order chi connectivity index (χ0) is 12.8. The van der Waals surface area contributed by atoms with Crippen LogP contribution in [0.3, 0.4) is 0 Å². The Labute approximate surface area is 110 Å². The Morgan fingerprint density at radius 2 is 2.28 bits per heavy atom. The molecule has 0 unspecified atom stereocenters. The molecule has 0 radical (unpaired) electrons. The van der Waals surface area contributed by atoms with Crippen LogP contribution in [0.2, 0.25) is 5.15 Å². The third kappa shape index (κ3) is 3.10. The number of aromatic nitrogens is 4. The maximum atomic E-state index is 5.89. The van der Waals surface area contributed by atoms with Crippen molar-refractivity contribution in [2.45, 2.75) is 12.8 Å². The van der Waals surface area contributed by atoms with Gasteiger partial charge >= 0.3 is 0 Å². The van der Waals surface area contributed by atoms with Crippen molar-refractivity contribution in [3.8, 4) is 5.75 Å². The third-order valence-electron chi connectivity index (χ3n) is 2.40. The molecule has 2 aromatic rings. The van der Waals surface area contributed by atoms with Crippen molar-refractivity contribution in [2.24, 2.45) is 0 Å². The van der Waals surface area contributed by atoms with Crippen LogP contribution in [0.1, 0.15) is 12.2 Å². The van der Waals surface area contributed by atoms with E-state index in [1.165, 1.54) is 6.33 Å². The third-order valence-corrected chi connectivity index (χ3v) is 2.67. The summed E-state index contributed by atoms with van der Waals surface area (Å²) in [6, 6.07) is 0. The summed E-state index contributed by atoms with van der Waals surface area (Å²) in [7, 11) is 1.54. The van der Waals surface area contributed by atoms with E-state index in [9.17, 15) is 0 Å². The molecule has 0 atom stereocenters. The molecule has 2 N–H and O–H groups in total. The average molecular weight is 268 g/mol. The van der Waals surface area contributed by atoms with Crippen molar-refractivity contribution >= 4 is 17.4 Å². The summed E-state index contributed by atoms with van der Waals surface area (Å²) in [5, 5.41) is 3.47. The van der Waals surface area contributed by atoms with Gasteiger partial charge in [0.15, 0.2) is 16.7 Å². The molecular weight excluding hydrogens is 254 g/mol. The number of nitrogens with zero attached hydrogens (tertiary/aromatic N) is 3. The minimum Gasteiger partial charge on any atom is -0.490 e. The van der Waals surface area contributed by atoms with E-state index in [1.807, 2.05) is 6.20 Å². The van der Waals surface area contributed by atoms with Crippen LogP contribution in [0.25, 0.3) is 0 Å². The lowest BCUT2D eigenvalue weighted by Crippen LogP contribution is -2.07. The number of imidazole rings is 1. The van der Waals surface area contributed by atoms with Crippen LogP contribution in [-0.4, -0.2) is 33.6 Å². The molecule has 0 aliphatic rings. The van der Waals surface area contributed by atoms with Gasteiger partial charge in [0.25, 0.3) is 0 Å². The second-order valence-electron chi connectivity index (χ2n) is 3.61. The van der Waals surface area contributed by atoms with Gasteiger partial charge < -0.3 is 15.0 Å². The predicted octanol–water partition coefficient (Wildman–Crippen LogP) is 1.91. The van der Waals surface area contributed by atoms with Crippen LogP contribution in [0.15, 0.2) is 18.7 Å². The van der Waals surface area contributed by atoms with E-state index >= 15 is 0 Å². The normalized spacial score (nSPS) is 10.3. The van der Waals surface area contributed by atoms with E-state index < -0.39 is 0 Å². The second kappa shape index (κ2) is 6.20. The van der Waals surface area contributed by atoms with Gasteiger partial charge in [0.2, 0.25) is 0 Å². The SMILES string of the molecule is COc1c(Cl)ncnc1NCCCc1ncc[nH]1. The monoisotopic (exact) mass is 267 g/mol. The molecule has 0 saturated carbocycles. The minimum atomic E-state index is 0.307. The largest absolute Gasteiger partial charge is 0.490 e. The Morgan fingerprint density at radius 1 is 1.39 bits per heavy atom. The van der Waals surface area contributed by atoms with Crippen LogP contribution in [0.4, 0.5) is 5.82 Å². The lowest BCUT2D eigenvalue weighted by molar-refractivity contribution is 0.413. The number of nitrogens with one attached hydrogen (secondary N) is 2. The summed E-state index contributed by atoms with van der Waals surface area (Å²) >= 11 is 5.89. The average Bonchev–Trinajstić information content (AvgIpc) is 2.88. The summed E-state index contributed by atoms with van der Waals surface area (Å²) in [4.78, 5) is 15.2. The smallest absolute Gasteiger partial charge is 0.198 e. The number of hydrogen-bond acceptors (Lipinski definition) is 5. The van der Waals surface area contributed by atoms with Crippen LogP contribution < -0.4 is 10.1 Å². The maximum Gasteiger partial charge on any atom is 0.198 e. The topological polar surface area (TPSA) is 75.7 Å². The number of aromatic amines is 1. The zero-order valence-corrected chi connectivity index (χ0v) is 10.7. The summed E-state index contributed by atoms with van der Waals surface area (Å²) in [6.07, 6.45) is 6.77. The van der Waals surface area contributed by atoms with Gasteiger partial charge in [-0.25, -0.2) is 15.0 Å². The molecule has 0 spiro atoms. The van der Waals surface area contributed by atoms with Crippen molar-refractivity contribution in [3.05, 3.63) is 29.7 Å². The zero-order valence-electron chi connectivity index (χ0n) is 9.98. The first kappa shape index (κ1) is 12.6. The van der Waals surface area contributed by atoms with Gasteiger partial charge in [-0.1, -0.05) is 11.6 Å². The van der Waals surface area contributed by atoms with Gasteiger partial charge in [-0.05, 0) is 6.42 Å². The number of methoxy groups -OCH3 is 1. The standard InChI is InChI=1S/C11H14ClN5O/c1-18-9-10(12)16-7-17-11(9)15-4-2-3-8-13-5-6-14-8/h5-7H,2-4H2,1H3,(H,13,14)(H,15,16,17). The predicted molar refractivity (Wildman–Crippen MR) is 69.0 cm³/mol. The highest BCUT2D eigenvalue weighted by atomic mass is 35.5.